The van der Waals surface area contributed by atoms with Crippen LogP contribution in [0.2, 0.25) is 0 Å². The Morgan fingerprint density at radius 3 is 2.88 bits per heavy atom. The van der Waals surface area contributed by atoms with Gasteiger partial charge >= 0.3 is 0 Å². The van der Waals surface area contributed by atoms with Gasteiger partial charge in [-0.25, -0.2) is 4.98 Å². The van der Waals surface area contributed by atoms with Gasteiger partial charge in [0, 0.05) is 0 Å². The first-order valence-corrected chi connectivity index (χ1v) is 4.88. The van der Waals surface area contributed by atoms with E-state index in [2.05, 4.69) is 26.6 Å². The third-order valence-electron chi connectivity index (χ3n) is 1.69. The molecule has 1 aromatic heterocycles. The number of carbonyl (C=O) groups excluding carboxylic acids is 1. The average molecular weight is 233 g/mol. The van der Waals surface area contributed by atoms with Gasteiger partial charge in [0.1, 0.15) is 17.3 Å². The lowest BCUT2D eigenvalue weighted by Gasteiger charge is -2.05. The maximum atomic E-state index is 11.3. The maximum absolute atomic E-state index is 11.3. The molecular formula is C9H10AlN4O2+. The average Bonchev–Trinajstić information content (AvgIpc) is 2.24. The Hall–Kier alpha value is -1.84. The van der Waals surface area contributed by atoms with E-state index >= 15 is 0 Å². The van der Waals surface area contributed by atoms with Gasteiger partial charge in [-0.05, 0) is 6.07 Å². The van der Waals surface area contributed by atoms with E-state index < -0.39 is 5.91 Å². The molecule has 0 aromatic carbocycles. The molecule has 6 nitrogen and oxygen atoms in total. The summed E-state index contributed by atoms with van der Waals surface area (Å²) < 4.78 is 0.735. The van der Waals surface area contributed by atoms with Crippen molar-refractivity contribution >= 4 is 44.0 Å². The van der Waals surface area contributed by atoms with Crippen LogP contribution in [0.5, 0.6) is 0 Å². The Morgan fingerprint density at radius 2 is 2.31 bits per heavy atom. The number of aromatic nitrogens is 1. The molecule has 0 aliphatic carbocycles. The zero-order valence-electron chi connectivity index (χ0n) is 8.32. The summed E-state index contributed by atoms with van der Waals surface area (Å²) in [6, 6.07) is 3.26. The lowest BCUT2D eigenvalue weighted by atomic mass is 10.3. The number of nitrogens with two attached hydrogens (primary N) is 1. The van der Waals surface area contributed by atoms with Crippen LogP contribution in [0.3, 0.4) is 0 Å². The van der Waals surface area contributed by atoms with Gasteiger partial charge < -0.3 is 16.2 Å². The Balaban J connectivity index is 2.77. The highest BCUT2D eigenvalue weighted by Crippen LogP contribution is 2.03. The highest BCUT2D eigenvalue weighted by Gasteiger charge is 2.08. The second-order valence-corrected chi connectivity index (χ2v) is 3.49. The number of nitrogens with one attached hydrogen (secondary N) is 2. The summed E-state index contributed by atoms with van der Waals surface area (Å²) in [5, 5.41) is 16.4. The molecule has 0 fully saturated rings. The Labute approximate surface area is 100 Å². The monoisotopic (exact) mass is 233 g/mol. The summed E-state index contributed by atoms with van der Waals surface area (Å²) in [6.45, 7) is 0. The molecule has 0 atom stereocenters. The van der Waals surface area contributed by atoms with Crippen LogP contribution in [0.25, 0.3) is 0 Å². The van der Waals surface area contributed by atoms with E-state index in [1.807, 2.05) is 0 Å². The summed E-state index contributed by atoms with van der Waals surface area (Å²) in [5.41, 5.74) is 5.24. The molecule has 1 heterocycles. The standard InChI is InChI=1S/C9H9N4O2.Al/c10-6(4-5-14)9(15)13-8-3-1-2-7(11)12-8;/h1,3-5,10,14H,(H3,11,12,13,15);/p+1/b5-4-,10-6?;. The van der Waals surface area contributed by atoms with Gasteiger partial charge in [-0.2, -0.15) is 0 Å². The summed E-state index contributed by atoms with van der Waals surface area (Å²) >= 11 is 2.41. The molecule has 1 amide bonds. The van der Waals surface area contributed by atoms with E-state index in [0.717, 1.165) is 16.8 Å². The van der Waals surface area contributed by atoms with Gasteiger partial charge in [-0.1, -0.05) is 10.5 Å². The Bertz CT molecular complexity index is 459. The van der Waals surface area contributed by atoms with Crippen LogP contribution in [0.4, 0.5) is 11.6 Å². The van der Waals surface area contributed by atoms with E-state index in [1.165, 1.54) is 0 Å². The number of hydrogen-bond acceptors (Lipinski definition) is 4. The number of pyridine rings is 1. The molecule has 0 aliphatic heterocycles. The lowest BCUT2D eigenvalue weighted by molar-refractivity contribution is -0.110. The van der Waals surface area contributed by atoms with Gasteiger partial charge in [0.2, 0.25) is 6.26 Å². The maximum Gasteiger partial charge on any atom is 0.275 e. The van der Waals surface area contributed by atoms with Crippen molar-refractivity contribution in [2.24, 2.45) is 0 Å². The molecule has 7 heteroatoms. The van der Waals surface area contributed by atoms with Crippen molar-refractivity contribution < 1.29 is 9.90 Å². The predicted octanol–water partition coefficient (Wildman–Crippen LogP) is -1.35. The molecule has 16 heavy (non-hydrogen) atoms. The number of nitrogens with zero attached hydrogens (tertiary/aromatic N) is 1. The number of amides is 1. The van der Waals surface area contributed by atoms with Crippen molar-refractivity contribution in [1.82, 2.24) is 4.98 Å². The highest BCUT2D eigenvalue weighted by atomic mass is 27.0. The number of rotatable bonds is 3. The minimum Gasteiger partial charge on any atom is -0.599 e. The van der Waals surface area contributed by atoms with Crippen LogP contribution in [0, 0.1) is 5.41 Å². The summed E-state index contributed by atoms with van der Waals surface area (Å²) in [6.07, 6.45) is 1.94. The van der Waals surface area contributed by atoms with Gasteiger partial charge in [0.25, 0.3) is 5.91 Å². The second-order valence-electron chi connectivity index (χ2n) is 2.87. The minimum absolute atomic E-state index is 0.275. The molecule has 0 spiro atoms. The molecule has 80 valence electrons. The third-order valence-corrected chi connectivity index (χ3v) is 2.18. The molecule has 0 saturated carbocycles. The quantitative estimate of drug-likeness (QED) is 0.259. The van der Waals surface area contributed by atoms with Crippen LogP contribution in [-0.2, 0) is 4.79 Å². The molecule has 0 saturated heterocycles. The van der Waals surface area contributed by atoms with Crippen LogP contribution >= 0.6 is 0 Å². The first-order chi connectivity index (χ1) is 7.54. The van der Waals surface area contributed by atoms with Gasteiger partial charge in [0.05, 0.1) is 6.08 Å². The molecule has 1 aromatic rings. The number of nitrogen functional groups attached to an aromatic ring is 1. The Kier molecular flexibility index (Phi) is 4.05. The molecule has 2 radical (unpaired) electrons. The zero-order chi connectivity index (χ0) is 12.1. The summed E-state index contributed by atoms with van der Waals surface area (Å²) in [4.78, 5) is 15.3. The topological polar surface area (TPSA) is 115 Å². The Morgan fingerprint density at radius 1 is 1.62 bits per heavy atom. The van der Waals surface area contributed by atoms with Crippen LogP contribution in [0.15, 0.2) is 24.5 Å². The normalized spacial score (nSPS) is 10.2. The lowest BCUT2D eigenvalue weighted by Crippen LogP contribution is -2.22. The van der Waals surface area contributed by atoms with Crippen molar-refractivity contribution in [3.8, 4) is 0 Å². The smallest absolute Gasteiger partial charge is 0.275 e. The van der Waals surface area contributed by atoms with Crippen molar-refractivity contribution in [3.05, 3.63) is 24.5 Å². The van der Waals surface area contributed by atoms with Gasteiger partial charge in [0.15, 0.2) is 16.3 Å². The van der Waals surface area contributed by atoms with Gasteiger partial charge in [-0.3, -0.25) is 10.2 Å². The van der Waals surface area contributed by atoms with E-state index in [1.54, 1.807) is 12.1 Å². The minimum atomic E-state index is -0.632. The fraction of sp³-hybridized carbons (Fsp3) is 0. The first kappa shape index (κ1) is 12.2. The fourth-order valence-electron chi connectivity index (χ4n) is 0.898. The number of anilines is 2. The first-order valence-electron chi connectivity index (χ1n) is 4.30. The fourth-order valence-corrected chi connectivity index (χ4v) is 1.06. The molecular weight excluding hydrogens is 223 g/mol. The third kappa shape index (κ3) is 3.09. The molecule has 0 aliphatic rings. The van der Waals surface area contributed by atoms with Crippen molar-refractivity contribution in [1.29, 1.82) is 5.41 Å². The number of carbonyl (C=O) groups is 1. The van der Waals surface area contributed by atoms with Crippen molar-refractivity contribution in [2.45, 2.75) is 0 Å². The van der Waals surface area contributed by atoms with Gasteiger partial charge in [-0.15, -0.1) is 0 Å². The van der Waals surface area contributed by atoms with Crippen LogP contribution in [-0.4, -0.2) is 38.0 Å². The summed E-state index contributed by atoms with van der Waals surface area (Å²) in [5.74, 6) is -0.0610. The molecule has 6 N–H and O–H groups in total. The van der Waals surface area contributed by atoms with Crippen LogP contribution in [0.1, 0.15) is 0 Å². The number of hydrogen-bond donors (Lipinski definition) is 3. The molecule has 0 bridgehead atoms. The SMILES string of the molecule is N=C(/C=C\[OH2+])C(=O)Nc1cc[c]([Al])c(N)n1. The van der Waals surface area contributed by atoms with E-state index in [4.69, 9.17) is 16.2 Å². The summed E-state index contributed by atoms with van der Waals surface area (Å²) in [7, 11) is 0. The second kappa shape index (κ2) is 5.30. The van der Waals surface area contributed by atoms with Crippen molar-refractivity contribution in [3.63, 3.8) is 0 Å². The predicted molar refractivity (Wildman–Crippen MR) is 63.1 cm³/mol. The van der Waals surface area contributed by atoms with Crippen molar-refractivity contribution in [2.75, 3.05) is 11.1 Å². The molecule has 0 unspecified atom stereocenters. The molecule has 1 rings (SSSR count). The van der Waals surface area contributed by atoms with E-state index in [0.29, 0.717) is 5.82 Å². The highest BCUT2D eigenvalue weighted by molar-refractivity contribution is 6.45. The van der Waals surface area contributed by atoms with Crippen LogP contribution < -0.4 is 15.5 Å². The zero-order valence-corrected chi connectivity index (χ0v) is 9.47. The van der Waals surface area contributed by atoms with E-state index in [-0.39, 0.29) is 11.5 Å². The van der Waals surface area contributed by atoms with E-state index in [9.17, 15) is 4.79 Å². The largest absolute Gasteiger partial charge is 0.599 e.